The molecule has 1 N–H and O–H groups in total. The quantitative estimate of drug-likeness (QED) is 0.563. The zero-order valence-corrected chi connectivity index (χ0v) is 19.4. The first-order valence-electron chi connectivity index (χ1n) is 10.4. The van der Waals surface area contributed by atoms with E-state index < -0.39 is 10.0 Å². The van der Waals surface area contributed by atoms with Gasteiger partial charge in [0, 0.05) is 32.7 Å². The molecule has 0 saturated carbocycles. The standard InChI is InChI=1S/C21H25N5O4S2/c1-2-13-30-17-6-3-5-16(14-17)15-22-21(27)25-9-11-26(12-10-25)32(28,29)19-8-4-7-18-20(19)24-31-23-18/h3-8,14H,2,9-13,15H2,1H3,(H,22,27). The van der Waals surface area contributed by atoms with Gasteiger partial charge in [0.15, 0.2) is 0 Å². The van der Waals surface area contributed by atoms with Gasteiger partial charge in [0.2, 0.25) is 10.0 Å². The van der Waals surface area contributed by atoms with Gasteiger partial charge in [-0.3, -0.25) is 0 Å². The molecule has 0 bridgehead atoms. The number of piperazine rings is 1. The summed E-state index contributed by atoms with van der Waals surface area (Å²) in [6.07, 6.45) is 0.929. The second kappa shape index (κ2) is 9.80. The molecule has 0 spiro atoms. The van der Waals surface area contributed by atoms with E-state index in [1.807, 2.05) is 31.2 Å². The molecule has 2 heterocycles. The highest BCUT2D eigenvalue weighted by Crippen LogP contribution is 2.25. The predicted molar refractivity (Wildman–Crippen MR) is 122 cm³/mol. The van der Waals surface area contributed by atoms with Crippen molar-refractivity contribution in [3.8, 4) is 5.75 Å². The van der Waals surface area contributed by atoms with Crippen LogP contribution in [0, 0.1) is 0 Å². The van der Waals surface area contributed by atoms with Crippen molar-refractivity contribution >= 4 is 38.8 Å². The van der Waals surface area contributed by atoms with Crippen LogP contribution in [0.3, 0.4) is 0 Å². The Hall–Kier alpha value is -2.76. The molecule has 3 aromatic rings. The van der Waals surface area contributed by atoms with Gasteiger partial charge in [-0.2, -0.15) is 13.1 Å². The minimum Gasteiger partial charge on any atom is -0.494 e. The van der Waals surface area contributed by atoms with Crippen molar-refractivity contribution in [1.29, 1.82) is 0 Å². The van der Waals surface area contributed by atoms with Crippen LogP contribution in [0.25, 0.3) is 11.0 Å². The summed E-state index contributed by atoms with van der Waals surface area (Å²) >= 11 is 0.990. The van der Waals surface area contributed by atoms with E-state index in [9.17, 15) is 13.2 Å². The molecule has 9 nitrogen and oxygen atoms in total. The van der Waals surface area contributed by atoms with Gasteiger partial charge in [-0.25, -0.2) is 13.2 Å². The lowest BCUT2D eigenvalue weighted by Gasteiger charge is -2.34. The van der Waals surface area contributed by atoms with Crippen molar-refractivity contribution in [2.24, 2.45) is 0 Å². The number of nitrogens with one attached hydrogen (secondary N) is 1. The minimum atomic E-state index is -3.71. The maximum absolute atomic E-state index is 13.1. The van der Waals surface area contributed by atoms with E-state index in [0.29, 0.717) is 37.3 Å². The summed E-state index contributed by atoms with van der Waals surface area (Å²) in [5.41, 5.74) is 1.90. The Labute approximate surface area is 191 Å². The van der Waals surface area contributed by atoms with E-state index in [-0.39, 0.29) is 24.0 Å². The van der Waals surface area contributed by atoms with Crippen LogP contribution < -0.4 is 10.1 Å². The fraction of sp³-hybridized carbons (Fsp3) is 0.381. The number of amides is 2. The fourth-order valence-corrected chi connectivity index (χ4v) is 5.69. The Morgan fingerprint density at radius 3 is 2.69 bits per heavy atom. The summed E-state index contributed by atoms with van der Waals surface area (Å²) in [4.78, 5) is 14.4. The third kappa shape index (κ3) is 4.84. The lowest BCUT2D eigenvalue weighted by atomic mass is 10.2. The number of benzene rings is 2. The molecule has 0 aliphatic carbocycles. The third-order valence-corrected chi connectivity index (χ3v) is 7.68. The molecule has 1 fully saturated rings. The highest BCUT2D eigenvalue weighted by atomic mass is 32.2. The van der Waals surface area contributed by atoms with Crippen molar-refractivity contribution in [3.63, 3.8) is 0 Å². The molecular formula is C21H25N5O4S2. The maximum atomic E-state index is 13.1. The SMILES string of the molecule is CCCOc1cccc(CNC(=O)N2CCN(S(=O)(=O)c3cccc4nsnc34)CC2)c1. The zero-order valence-electron chi connectivity index (χ0n) is 17.7. The van der Waals surface area contributed by atoms with Gasteiger partial charge in [-0.1, -0.05) is 25.1 Å². The van der Waals surface area contributed by atoms with Crippen molar-refractivity contribution in [1.82, 2.24) is 23.3 Å². The minimum absolute atomic E-state index is 0.159. The molecule has 11 heteroatoms. The van der Waals surface area contributed by atoms with E-state index >= 15 is 0 Å². The number of sulfonamides is 1. The van der Waals surface area contributed by atoms with Crippen LogP contribution >= 0.6 is 11.7 Å². The summed E-state index contributed by atoms with van der Waals surface area (Å²) in [6.45, 7) is 4.15. The van der Waals surface area contributed by atoms with E-state index in [1.54, 1.807) is 23.1 Å². The van der Waals surface area contributed by atoms with Crippen LogP contribution in [-0.4, -0.2) is 65.2 Å². The first-order valence-corrected chi connectivity index (χ1v) is 12.6. The van der Waals surface area contributed by atoms with E-state index in [2.05, 4.69) is 14.1 Å². The van der Waals surface area contributed by atoms with Crippen LogP contribution in [0.2, 0.25) is 0 Å². The van der Waals surface area contributed by atoms with Gasteiger partial charge in [0.1, 0.15) is 21.7 Å². The normalized spacial score (nSPS) is 15.1. The lowest BCUT2D eigenvalue weighted by molar-refractivity contribution is 0.172. The number of urea groups is 1. The smallest absolute Gasteiger partial charge is 0.317 e. The Morgan fingerprint density at radius 1 is 1.12 bits per heavy atom. The second-order valence-electron chi connectivity index (χ2n) is 7.43. The Morgan fingerprint density at radius 2 is 1.91 bits per heavy atom. The number of rotatable bonds is 7. The van der Waals surface area contributed by atoms with Crippen molar-refractivity contribution in [2.45, 2.75) is 24.8 Å². The first-order chi connectivity index (χ1) is 15.5. The van der Waals surface area contributed by atoms with E-state index in [0.717, 1.165) is 29.5 Å². The van der Waals surface area contributed by atoms with Gasteiger partial charge in [0.25, 0.3) is 0 Å². The van der Waals surface area contributed by atoms with Crippen LogP contribution in [-0.2, 0) is 16.6 Å². The van der Waals surface area contributed by atoms with Gasteiger partial charge in [-0.15, -0.1) is 0 Å². The summed E-state index contributed by atoms with van der Waals surface area (Å²) in [5.74, 6) is 0.780. The van der Waals surface area contributed by atoms with Crippen LogP contribution in [0.4, 0.5) is 4.79 Å². The molecule has 1 saturated heterocycles. The van der Waals surface area contributed by atoms with Gasteiger partial charge < -0.3 is 15.0 Å². The molecule has 0 atom stereocenters. The lowest BCUT2D eigenvalue weighted by Crippen LogP contribution is -2.53. The number of ether oxygens (including phenoxy) is 1. The average molecular weight is 476 g/mol. The van der Waals surface area contributed by atoms with Crippen molar-refractivity contribution in [3.05, 3.63) is 48.0 Å². The molecule has 32 heavy (non-hydrogen) atoms. The maximum Gasteiger partial charge on any atom is 0.317 e. The number of hydrogen-bond acceptors (Lipinski definition) is 7. The molecule has 1 aromatic heterocycles. The summed E-state index contributed by atoms with van der Waals surface area (Å²) < 4.78 is 41.5. The molecule has 2 amide bonds. The Balaban J connectivity index is 1.33. The van der Waals surface area contributed by atoms with E-state index in [4.69, 9.17) is 4.74 Å². The van der Waals surface area contributed by atoms with Crippen LogP contribution in [0.15, 0.2) is 47.4 Å². The summed E-state index contributed by atoms with van der Waals surface area (Å²) in [6, 6.07) is 12.4. The second-order valence-corrected chi connectivity index (χ2v) is 9.87. The molecular weight excluding hydrogens is 450 g/mol. The molecule has 0 radical (unpaired) electrons. The monoisotopic (exact) mass is 475 g/mol. The van der Waals surface area contributed by atoms with Gasteiger partial charge >= 0.3 is 6.03 Å². The molecule has 1 aliphatic rings. The number of fused-ring (bicyclic) bond motifs is 1. The molecule has 2 aromatic carbocycles. The average Bonchev–Trinajstić information content (AvgIpc) is 3.30. The van der Waals surface area contributed by atoms with Gasteiger partial charge in [0.05, 0.1) is 18.3 Å². The number of carbonyl (C=O) groups is 1. The topological polar surface area (TPSA) is 105 Å². The number of nitrogens with zero attached hydrogens (tertiary/aromatic N) is 4. The summed E-state index contributed by atoms with van der Waals surface area (Å²) in [5, 5.41) is 2.90. The highest BCUT2D eigenvalue weighted by Gasteiger charge is 2.31. The van der Waals surface area contributed by atoms with Crippen molar-refractivity contribution in [2.75, 3.05) is 32.8 Å². The van der Waals surface area contributed by atoms with Gasteiger partial charge in [-0.05, 0) is 36.2 Å². The summed E-state index contributed by atoms with van der Waals surface area (Å²) in [7, 11) is -3.71. The fourth-order valence-electron chi connectivity index (χ4n) is 3.51. The molecule has 4 rings (SSSR count). The van der Waals surface area contributed by atoms with Crippen LogP contribution in [0.1, 0.15) is 18.9 Å². The third-order valence-electron chi connectivity index (χ3n) is 5.21. The predicted octanol–water partition coefficient (Wildman–Crippen LogP) is 2.70. The first kappa shape index (κ1) is 22.4. The molecule has 170 valence electrons. The Kier molecular flexibility index (Phi) is 6.87. The number of aromatic nitrogens is 2. The zero-order chi connectivity index (χ0) is 22.6. The largest absolute Gasteiger partial charge is 0.494 e. The van der Waals surface area contributed by atoms with Crippen molar-refractivity contribution < 1.29 is 17.9 Å². The highest BCUT2D eigenvalue weighted by molar-refractivity contribution is 7.89. The molecule has 1 aliphatic heterocycles. The molecule has 0 unspecified atom stereocenters. The Bertz CT molecular complexity index is 1190. The van der Waals surface area contributed by atoms with Crippen LogP contribution in [0.5, 0.6) is 5.75 Å². The number of carbonyl (C=O) groups excluding carboxylic acids is 1. The van der Waals surface area contributed by atoms with E-state index in [1.165, 1.54) is 4.31 Å². The number of hydrogen-bond donors (Lipinski definition) is 1.